The van der Waals surface area contributed by atoms with Gasteiger partial charge >= 0.3 is 0 Å². The Bertz CT molecular complexity index is 5870. The van der Waals surface area contributed by atoms with Crippen LogP contribution >= 0.6 is 0 Å². The number of benzene rings is 14. The number of nitrogens with zero attached hydrogens (tertiary/aromatic N) is 4. The van der Waals surface area contributed by atoms with Crippen LogP contribution in [0.25, 0.3) is 176 Å². The summed E-state index contributed by atoms with van der Waals surface area (Å²) in [5.41, 5.74) is 20.5. The summed E-state index contributed by atoms with van der Waals surface area (Å²) in [4.78, 5) is 0. The van der Waals surface area contributed by atoms with Gasteiger partial charge in [-0.15, -0.1) is 0 Å². The molecule has 0 aliphatic heterocycles. The van der Waals surface area contributed by atoms with E-state index in [9.17, 15) is 0 Å². The molecule has 0 fully saturated rings. The first-order chi connectivity index (χ1) is 44.7. The third-order valence-corrected chi connectivity index (χ3v) is 18.6. The van der Waals surface area contributed by atoms with Crippen molar-refractivity contribution in [3.8, 4) is 45.0 Å². The monoisotopic (exact) mass is 1150 g/mol. The van der Waals surface area contributed by atoms with Crippen molar-refractivity contribution in [2.75, 3.05) is 0 Å². The fourth-order valence-corrected chi connectivity index (χ4v) is 14.7. The number of fused-ring (bicyclic) bond motifs is 18. The predicted molar refractivity (Wildman–Crippen MR) is 376 cm³/mol. The average Bonchev–Trinajstić information content (AvgIpc) is 1.14. The summed E-state index contributed by atoms with van der Waals surface area (Å²) in [6.07, 6.45) is 0. The molecule has 6 heteroatoms. The number of aromatic nitrogens is 4. The molecule has 90 heavy (non-hydrogen) atoms. The topological polar surface area (TPSA) is 46.0 Å². The Balaban J connectivity index is 1.08. The molecule has 0 atom stereocenters. The van der Waals surface area contributed by atoms with Crippen LogP contribution in [0.15, 0.2) is 324 Å². The van der Waals surface area contributed by atoms with E-state index in [0.717, 1.165) is 176 Å². The van der Waals surface area contributed by atoms with Crippen molar-refractivity contribution in [1.29, 1.82) is 0 Å². The summed E-state index contributed by atoms with van der Waals surface area (Å²) in [5, 5.41) is 13.2. The van der Waals surface area contributed by atoms with E-state index >= 15 is 0 Å². The van der Waals surface area contributed by atoms with Crippen molar-refractivity contribution in [3.63, 3.8) is 0 Å². The standard InChI is InChI=1S/C84H52N4O2/c1-5-23-55(24-6-1)85-73-37-15-17-39-75(73)87(57-27-9-3-10-28-57)79-51-71-69(49-77(79)85)61-45-43-53(59-33-21-35-65-63-31-13-19-41-81(63)89-83(59)65)47-67(61)68-48-54(60-34-22-36-66-64-32-14-20-42-82(64)90-84(60)66)44-46-62(68)70-50-78-80(52-72(70)71)88(58-29-11-4-12-30-58)76-40-18-16-38-74(76)86(78)56-25-7-2-8-26-56/h1-52H. The van der Waals surface area contributed by atoms with Crippen molar-refractivity contribution in [3.05, 3.63) is 315 Å². The van der Waals surface area contributed by atoms with E-state index in [1.807, 2.05) is 0 Å². The molecule has 6 nitrogen and oxygen atoms in total. The van der Waals surface area contributed by atoms with Gasteiger partial charge in [-0.3, -0.25) is 0 Å². The summed E-state index contributed by atoms with van der Waals surface area (Å²) in [6, 6.07) is 115. The maximum atomic E-state index is 6.87. The number of hydrogen-bond acceptors (Lipinski definition) is 2. The third kappa shape index (κ3) is 7.52. The Kier molecular flexibility index (Phi) is 11.0. The molecule has 19 aromatic rings. The van der Waals surface area contributed by atoms with Crippen molar-refractivity contribution < 1.29 is 8.83 Å². The number of hydrogen-bond donors (Lipinski definition) is 0. The van der Waals surface area contributed by atoms with Gasteiger partial charge in [-0.25, -0.2) is 0 Å². The molecule has 4 aromatic heterocycles. The molecule has 0 aliphatic rings. The molecule has 0 spiro atoms. The fraction of sp³-hybridized carbons (Fsp3) is 0. The van der Waals surface area contributed by atoms with Gasteiger partial charge in [-0.2, -0.15) is 0 Å². The second-order valence-electron chi connectivity index (χ2n) is 23.5. The summed E-state index contributed by atoms with van der Waals surface area (Å²) in [7, 11) is 0. The second kappa shape index (κ2) is 19.7. The minimum absolute atomic E-state index is 0.865. The van der Waals surface area contributed by atoms with Crippen LogP contribution in [0.2, 0.25) is 0 Å². The lowest BCUT2D eigenvalue weighted by Crippen LogP contribution is -2.09. The average molecular weight is 1150 g/mol. The van der Waals surface area contributed by atoms with E-state index in [1.54, 1.807) is 0 Å². The first-order valence-corrected chi connectivity index (χ1v) is 30.7. The van der Waals surface area contributed by atoms with Gasteiger partial charge in [0, 0.05) is 55.4 Å². The maximum Gasteiger partial charge on any atom is 0.143 e. The molecule has 0 aliphatic carbocycles. The van der Waals surface area contributed by atoms with Crippen LogP contribution in [0.3, 0.4) is 0 Å². The number of para-hydroxylation sites is 12. The van der Waals surface area contributed by atoms with Crippen molar-refractivity contribution in [1.82, 2.24) is 18.3 Å². The van der Waals surface area contributed by atoms with Gasteiger partial charge in [0.15, 0.2) is 0 Å². The molecule has 0 amide bonds. The van der Waals surface area contributed by atoms with Gasteiger partial charge in [0.25, 0.3) is 0 Å². The van der Waals surface area contributed by atoms with Crippen LogP contribution in [0, 0.1) is 0 Å². The summed E-state index contributed by atoms with van der Waals surface area (Å²) in [5.74, 6) is 0. The third-order valence-electron chi connectivity index (χ3n) is 18.6. The molecular weight excluding hydrogens is 1100 g/mol. The Labute approximate surface area is 515 Å². The van der Waals surface area contributed by atoms with Crippen LogP contribution in [0.1, 0.15) is 0 Å². The number of rotatable bonds is 6. The summed E-state index contributed by atoms with van der Waals surface area (Å²) >= 11 is 0. The van der Waals surface area contributed by atoms with E-state index in [0.29, 0.717) is 0 Å². The molecular formula is C84H52N4O2. The quantitative estimate of drug-likeness (QED) is 0.156. The van der Waals surface area contributed by atoms with E-state index < -0.39 is 0 Å². The smallest absolute Gasteiger partial charge is 0.143 e. The molecule has 15 aromatic carbocycles. The molecule has 0 unspecified atom stereocenters. The highest BCUT2D eigenvalue weighted by Crippen LogP contribution is 2.46. The van der Waals surface area contributed by atoms with Gasteiger partial charge in [0.05, 0.1) is 44.1 Å². The van der Waals surface area contributed by atoms with Crippen LogP contribution in [0.5, 0.6) is 0 Å². The Hall–Kier alpha value is -12.1. The van der Waals surface area contributed by atoms with Gasteiger partial charge < -0.3 is 27.1 Å². The van der Waals surface area contributed by atoms with E-state index in [-0.39, 0.29) is 0 Å². The van der Waals surface area contributed by atoms with E-state index in [1.165, 1.54) is 0 Å². The predicted octanol–water partition coefficient (Wildman–Crippen LogP) is 22.9. The largest absolute Gasteiger partial charge is 0.455 e. The SMILES string of the molecule is c1ccc(-n2c3ccccc3n(-c3ccccc3)c3cc4c(cc32)c2ccc(-c3cccc5c3oc3ccccc35)cc2c2cc(-c3cccc5c3oc3ccccc35)ccc2c2cc3c(cc24)n(-c2ccccc2)c2ccccc2n3-c2ccccc2)cc1. The second-order valence-corrected chi connectivity index (χ2v) is 23.5. The maximum absolute atomic E-state index is 6.87. The Morgan fingerprint density at radius 1 is 0.178 bits per heavy atom. The van der Waals surface area contributed by atoms with Crippen LogP contribution in [-0.4, -0.2) is 18.3 Å². The zero-order valence-electron chi connectivity index (χ0n) is 48.6. The molecule has 0 N–H and O–H groups in total. The number of furan rings is 2. The summed E-state index contributed by atoms with van der Waals surface area (Å²) < 4.78 is 23.6. The molecule has 19 rings (SSSR count). The highest BCUT2D eigenvalue weighted by Gasteiger charge is 2.23. The first-order valence-electron chi connectivity index (χ1n) is 30.7. The van der Waals surface area contributed by atoms with Crippen LogP contribution in [0.4, 0.5) is 0 Å². The highest BCUT2D eigenvalue weighted by atomic mass is 16.3. The first kappa shape index (κ1) is 50.1. The van der Waals surface area contributed by atoms with Crippen molar-refractivity contribution in [2.24, 2.45) is 0 Å². The lowest BCUT2D eigenvalue weighted by Gasteiger charge is -2.24. The molecule has 0 bridgehead atoms. The van der Waals surface area contributed by atoms with Gasteiger partial charge in [-0.1, -0.05) is 194 Å². The fourth-order valence-electron chi connectivity index (χ4n) is 14.7. The lowest BCUT2D eigenvalue weighted by atomic mass is 9.90. The molecule has 0 saturated heterocycles. The summed E-state index contributed by atoms with van der Waals surface area (Å²) in [6.45, 7) is 0. The highest BCUT2D eigenvalue weighted by molar-refractivity contribution is 6.30. The van der Waals surface area contributed by atoms with Gasteiger partial charge in [0.2, 0.25) is 0 Å². The van der Waals surface area contributed by atoms with Gasteiger partial charge in [0.1, 0.15) is 22.3 Å². The molecule has 0 saturated carbocycles. The zero-order valence-corrected chi connectivity index (χ0v) is 48.6. The minimum atomic E-state index is 0.865. The van der Waals surface area contributed by atoms with Crippen LogP contribution in [-0.2, 0) is 0 Å². The molecule has 420 valence electrons. The van der Waals surface area contributed by atoms with E-state index in [4.69, 9.17) is 8.83 Å². The lowest BCUT2D eigenvalue weighted by molar-refractivity contribution is 0.669. The van der Waals surface area contributed by atoms with Gasteiger partial charge in [-0.05, 0) is 176 Å². The molecule has 0 radical (unpaired) electrons. The van der Waals surface area contributed by atoms with Crippen molar-refractivity contribution in [2.45, 2.75) is 0 Å². The van der Waals surface area contributed by atoms with Crippen molar-refractivity contribution >= 4 is 131 Å². The zero-order chi connectivity index (χ0) is 59.0. The van der Waals surface area contributed by atoms with E-state index in [2.05, 4.69) is 334 Å². The molecule has 4 heterocycles. The van der Waals surface area contributed by atoms with Crippen LogP contribution < -0.4 is 0 Å². The Morgan fingerprint density at radius 3 is 0.800 bits per heavy atom. The Morgan fingerprint density at radius 2 is 0.456 bits per heavy atom. The minimum Gasteiger partial charge on any atom is -0.455 e. The normalized spacial score (nSPS) is 12.0.